The number of aromatic nitrogens is 2. The lowest BCUT2D eigenvalue weighted by Crippen LogP contribution is -2.46. The number of ether oxygens (including phenoxy) is 1. The number of hydrogen-bond acceptors (Lipinski definition) is 7. The number of hydrogen-bond donors (Lipinski definition) is 3. The molecule has 2 aliphatic rings. The molecule has 2 heterocycles. The number of nitrogens with one attached hydrogen (secondary N) is 3. The van der Waals surface area contributed by atoms with Gasteiger partial charge < -0.3 is 15.4 Å². The summed E-state index contributed by atoms with van der Waals surface area (Å²) in [6.45, 7) is 4.64. The summed E-state index contributed by atoms with van der Waals surface area (Å²) in [5.41, 5.74) is 2.88. The molecule has 0 bridgehead atoms. The van der Waals surface area contributed by atoms with E-state index in [1.54, 1.807) is 18.5 Å². The van der Waals surface area contributed by atoms with E-state index in [0.717, 1.165) is 32.1 Å². The summed E-state index contributed by atoms with van der Waals surface area (Å²) in [7, 11) is 0. The molecule has 3 N–H and O–H groups in total. The third-order valence-electron chi connectivity index (χ3n) is 5.46. The molecule has 1 saturated heterocycles. The van der Waals surface area contributed by atoms with Gasteiger partial charge in [-0.15, -0.1) is 0 Å². The van der Waals surface area contributed by atoms with Crippen molar-refractivity contribution in [3.8, 4) is 0 Å². The van der Waals surface area contributed by atoms with Gasteiger partial charge in [0.25, 0.3) is 5.91 Å². The largest absolute Gasteiger partial charge is 0.357 e. The zero-order valence-corrected chi connectivity index (χ0v) is 18.3. The second kappa shape index (κ2) is 11.8. The first-order valence-corrected chi connectivity index (χ1v) is 11.2. The van der Waals surface area contributed by atoms with Gasteiger partial charge in [0.1, 0.15) is 11.9 Å². The second-order valence-corrected chi connectivity index (χ2v) is 8.40. The fourth-order valence-electron chi connectivity index (χ4n) is 3.68. The van der Waals surface area contributed by atoms with Crippen molar-refractivity contribution >= 4 is 23.7 Å². The summed E-state index contributed by atoms with van der Waals surface area (Å²) in [6, 6.07) is -0.116. The van der Waals surface area contributed by atoms with Crippen molar-refractivity contribution < 1.29 is 19.2 Å². The zero-order chi connectivity index (χ0) is 22.1. The predicted octanol–water partition coefficient (Wildman–Crippen LogP) is 2.56. The van der Waals surface area contributed by atoms with Gasteiger partial charge in [-0.3, -0.25) is 14.6 Å². The molecule has 2 amide bonds. The van der Waals surface area contributed by atoms with Crippen molar-refractivity contribution in [2.24, 2.45) is 5.92 Å². The second-order valence-electron chi connectivity index (χ2n) is 8.40. The number of anilines is 1. The van der Waals surface area contributed by atoms with Gasteiger partial charge >= 0.3 is 0 Å². The van der Waals surface area contributed by atoms with E-state index in [-0.39, 0.29) is 23.9 Å². The van der Waals surface area contributed by atoms with E-state index in [1.807, 2.05) is 13.8 Å². The predicted molar refractivity (Wildman–Crippen MR) is 117 cm³/mol. The summed E-state index contributed by atoms with van der Waals surface area (Å²) in [5.74, 6) is 0.201. The van der Waals surface area contributed by atoms with Crippen LogP contribution in [0.2, 0.25) is 0 Å². The zero-order valence-electron chi connectivity index (χ0n) is 18.3. The molecule has 3 rings (SSSR count). The summed E-state index contributed by atoms with van der Waals surface area (Å²) >= 11 is 0. The van der Waals surface area contributed by atoms with E-state index in [0.29, 0.717) is 18.1 Å². The van der Waals surface area contributed by atoms with Gasteiger partial charge in [-0.2, -0.15) is 0 Å². The van der Waals surface area contributed by atoms with Gasteiger partial charge in [-0.05, 0) is 37.7 Å². The van der Waals surface area contributed by atoms with Crippen LogP contribution in [-0.4, -0.2) is 46.8 Å². The lowest BCUT2D eigenvalue weighted by atomic mass is 10.0. The Morgan fingerprint density at radius 1 is 1.13 bits per heavy atom. The number of hydroxylamine groups is 1. The SMILES string of the molecule is CC(C)[C@@H](Nc1cnc(C=CC(=O)NOC2CCCCO2)cn1)C(=O)NC1CCCC1. The molecular formula is C22H33N5O4. The van der Waals surface area contributed by atoms with Crippen LogP contribution in [0.3, 0.4) is 0 Å². The summed E-state index contributed by atoms with van der Waals surface area (Å²) in [5, 5.41) is 6.31. The van der Waals surface area contributed by atoms with Gasteiger partial charge in [-0.1, -0.05) is 26.7 Å². The van der Waals surface area contributed by atoms with Gasteiger partial charge in [0, 0.05) is 25.1 Å². The minimum absolute atomic E-state index is 0.00807. The smallest absolute Gasteiger partial charge is 0.267 e. The molecule has 1 saturated carbocycles. The monoisotopic (exact) mass is 431 g/mol. The summed E-state index contributed by atoms with van der Waals surface area (Å²) < 4.78 is 5.39. The summed E-state index contributed by atoms with van der Waals surface area (Å²) in [6.07, 6.45) is 12.8. The normalized spacial score (nSPS) is 20.7. The average molecular weight is 432 g/mol. The van der Waals surface area contributed by atoms with Crippen LogP contribution in [0.1, 0.15) is 64.5 Å². The first kappa shape index (κ1) is 23.1. The van der Waals surface area contributed by atoms with Crippen LogP contribution < -0.4 is 16.1 Å². The van der Waals surface area contributed by atoms with Crippen molar-refractivity contribution in [3.63, 3.8) is 0 Å². The topological polar surface area (TPSA) is 114 Å². The Bertz CT molecular complexity index is 741. The Morgan fingerprint density at radius 2 is 1.90 bits per heavy atom. The van der Waals surface area contributed by atoms with Gasteiger partial charge in [0.15, 0.2) is 6.29 Å². The van der Waals surface area contributed by atoms with E-state index in [1.165, 1.54) is 18.9 Å². The lowest BCUT2D eigenvalue weighted by Gasteiger charge is -2.24. The first-order chi connectivity index (χ1) is 15.0. The summed E-state index contributed by atoms with van der Waals surface area (Å²) in [4.78, 5) is 38.4. The molecule has 1 aromatic heterocycles. The third kappa shape index (κ3) is 7.59. The van der Waals surface area contributed by atoms with Crippen LogP contribution in [0.5, 0.6) is 0 Å². The Hall–Kier alpha value is -2.52. The van der Waals surface area contributed by atoms with Crippen molar-refractivity contribution in [1.82, 2.24) is 20.8 Å². The Labute approximate surface area is 183 Å². The van der Waals surface area contributed by atoms with Crippen LogP contribution in [0.15, 0.2) is 18.5 Å². The van der Waals surface area contributed by atoms with E-state index >= 15 is 0 Å². The molecule has 0 spiro atoms. The van der Waals surface area contributed by atoms with Crippen LogP contribution in [0.4, 0.5) is 5.82 Å². The third-order valence-corrected chi connectivity index (χ3v) is 5.46. The fraction of sp³-hybridized carbons (Fsp3) is 0.636. The van der Waals surface area contributed by atoms with Crippen molar-refractivity contribution in [2.75, 3.05) is 11.9 Å². The molecule has 9 heteroatoms. The molecule has 0 aromatic carbocycles. The van der Waals surface area contributed by atoms with Crippen molar-refractivity contribution in [1.29, 1.82) is 0 Å². The Kier molecular flexibility index (Phi) is 8.78. The van der Waals surface area contributed by atoms with E-state index in [2.05, 4.69) is 26.1 Å². The molecular weight excluding hydrogens is 398 g/mol. The molecule has 1 aliphatic heterocycles. The molecule has 1 aliphatic carbocycles. The molecule has 0 radical (unpaired) electrons. The van der Waals surface area contributed by atoms with Gasteiger partial charge in [0.2, 0.25) is 5.91 Å². The first-order valence-electron chi connectivity index (χ1n) is 11.2. The molecule has 31 heavy (non-hydrogen) atoms. The number of carbonyl (C=O) groups is 2. The highest BCUT2D eigenvalue weighted by atomic mass is 16.8. The minimum atomic E-state index is -0.401. The maximum absolute atomic E-state index is 12.7. The molecule has 2 fully saturated rings. The van der Waals surface area contributed by atoms with Gasteiger partial charge in [0.05, 0.1) is 18.1 Å². The van der Waals surface area contributed by atoms with Gasteiger partial charge in [-0.25, -0.2) is 15.3 Å². The Morgan fingerprint density at radius 3 is 2.55 bits per heavy atom. The minimum Gasteiger partial charge on any atom is -0.357 e. The highest BCUT2D eigenvalue weighted by Gasteiger charge is 2.26. The quantitative estimate of drug-likeness (QED) is 0.407. The lowest BCUT2D eigenvalue weighted by molar-refractivity contribution is -0.198. The van der Waals surface area contributed by atoms with Crippen LogP contribution >= 0.6 is 0 Å². The number of rotatable bonds is 9. The van der Waals surface area contributed by atoms with E-state index in [4.69, 9.17) is 9.57 Å². The molecule has 170 valence electrons. The number of amides is 2. The molecule has 9 nitrogen and oxygen atoms in total. The van der Waals surface area contributed by atoms with E-state index < -0.39 is 12.2 Å². The van der Waals surface area contributed by atoms with Crippen molar-refractivity contribution in [2.45, 2.75) is 77.2 Å². The highest BCUT2D eigenvalue weighted by molar-refractivity contribution is 5.90. The fourth-order valence-corrected chi connectivity index (χ4v) is 3.68. The van der Waals surface area contributed by atoms with Crippen molar-refractivity contribution in [3.05, 3.63) is 24.2 Å². The average Bonchev–Trinajstić information content (AvgIpc) is 3.28. The maximum atomic E-state index is 12.7. The van der Waals surface area contributed by atoms with Crippen LogP contribution in [-0.2, 0) is 19.2 Å². The molecule has 2 atom stereocenters. The maximum Gasteiger partial charge on any atom is 0.267 e. The Balaban J connectivity index is 1.47. The van der Waals surface area contributed by atoms with Crippen LogP contribution in [0, 0.1) is 5.92 Å². The highest BCUT2D eigenvalue weighted by Crippen LogP contribution is 2.19. The molecule has 1 unspecified atom stereocenters. The number of nitrogens with zero attached hydrogens (tertiary/aromatic N) is 2. The van der Waals surface area contributed by atoms with E-state index in [9.17, 15) is 9.59 Å². The molecule has 1 aromatic rings. The number of carbonyl (C=O) groups excluding carboxylic acids is 2. The standard InChI is InChI=1S/C22H33N5O4/c1-15(2)21(22(29)25-16-7-3-4-8-16)26-18-14-23-17(13-24-18)10-11-19(28)27-31-20-9-5-6-12-30-20/h10-11,13-16,20-21H,3-9,12H2,1-2H3,(H,24,26)(H,25,29)(H,27,28)/t20?,21-/m1/s1. The van der Waals surface area contributed by atoms with Crippen LogP contribution in [0.25, 0.3) is 6.08 Å².